The molecule has 1 aromatic rings. The van der Waals surface area contributed by atoms with Gasteiger partial charge < -0.3 is 9.57 Å². The van der Waals surface area contributed by atoms with E-state index in [1.54, 1.807) is 24.9 Å². The van der Waals surface area contributed by atoms with Crippen molar-refractivity contribution in [1.29, 1.82) is 0 Å². The average Bonchev–Trinajstić information content (AvgIpc) is 2.89. The van der Waals surface area contributed by atoms with E-state index in [4.69, 9.17) is 9.57 Å². The summed E-state index contributed by atoms with van der Waals surface area (Å²) in [7, 11) is 3.25. The second-order valence-electron chi connectivity index (χ2n) is 6.96. The van der Waals surface area contributed by atoms with Crippen molar-refractivity contribution in [2.75, 3.05) is 13.7 Å². The quantitative estimate of drug-likeness (QED) is 0.611. The molecule has 0 amide bonds. The van der Waals surface area contributed by atoms with E-state index < -0.39 is 0 Å². The van der Waals surface area contributed by atoms with Crippen molar-refractivity contribution >= 4 is 6.21 Å². The molecule has 1 aromatic heterocycles. The molecule has 0 radical (unpaired) electrons. The van der Waals surface area contributed by atoms with Gasteiger partial charge in [0.2, 0.25) is 0 Å². The molecular weight excluding hydrogens is 308 g/mol. The van der Waals surface area contributed by atoms with Crippen LogP contribution in [-0.4, -0.2) is 34.3 Å². The molecule has 4 atom stereocenters. The normalized spacial score (nSPS) is 30.3. The van der Waals surface area contributed by atoms with Crippen molar-refractivity contribution in [2.45, 2.75) is 51.5 Å². The Hall–Kier alpha value is -1.79. The van der Waals surface area contributed by atoms with E-state index in [0.29, 0.717) is 24.5 Å². The van der Waals surface area contributed by atoms with Gasteiger partial charge in [-0.3, -0.25) is 0 Å². The van der Waals surface area contributed by atoms with E-state index in [2.05, 4.69) is 10.3 Å². The fourth-order valence-corrected chi connectivity index (χ4v) is 4.64. The molecule has 0 bridgehead atoms. The molecule has 1 heterocycles. The van der Waals surface area contributed by atoms with Gasteiger partial charge in [0.1, 0.15) is 6.61 Å². The molecule has 0 N–H and O–H groups in total. The maximum Gasteiger partial charge on any atom is 0.348 e. The lowest BCUT2D eigenvalue weighted by atomic mass is 9.64. The topological polar surface area (TPSA) is 70.6 Å². The standard InChI is InChI=1S/C17H28N4O3/c1-4-18-24-11-13-10-9-12-7-5-6-8-14(12)15(13)21-16(23-3)19-20(2)17(21)22/h4,12-15H,5-11H2,1-3H3/b18-4-. The van der Waals surface area contributed by atoms with Gasteiger partial charge in [-0.15, -0.1) is 5.10 Å². The maximum atomic E-state index is 12.7. The highest BCUT2D eigenvalue weighted by atomic mass is 16.6. The first kappa shape index (κ1) is 17.0. The third kappa shape index (κ3) is 3.08. The number of aryl methyl sites for hydroxylation is 1. The summed E-state index contributed by atoms with van der Waals surface area (Å²) in [5.74, 6) is 1.43. The van der Waals surface area contributed by atoms with Crippen LogP contribution in [0.3, 0.4) is 0 Å². The van der Waals surface area contributed by atoms with Gasteiger partial charge in [0.15, 0.2) is 0 Å². The summed E-state index contributed by atoms with van der Waals surface area (Å²) < 4.78 is 8.55. The highest BCUT2D eigenvalue weighted by Gasteiger charge is 2.43. The Morgan fingerprint density at radius 2 is 2.08 bits per heavy atom. The summed E-state index contributed by atoms with van der Waals surface area (Å²) >= 11 is 0. The van der Waals surface area contributed by atoms with Crippen LogP contribution >= 0.6 is 0 Å². The van der Waals surface area contributed by atoms with E-state index in [-0.39, 0.29) is 17.6 Å². The molecule has 24 heavy (non-hydrogen) atoms. The zero-order valence-electron chi connectivity index (χ0n) is 14.9. The van der Waals surface area contributed by atoms with Crippen LogP contribution in [-0.2, 0) is 11.9 Å². The molecule has 0 spiro atoms. The SMILES string of the molecule is C/C=N\OCC1CCC2CCCCC2C1n1c(OC)nn(C)c1=O. The van der Waals surface area contributed by atoms with Crippen LogP contribution in [0.5, 0.6) is 6.01 Å². The van der Waals surface area contributed by atoms with Crippen molar-refractivity contribution in [1.82, 2.24) is 14.3 Å². The van der Waals surface area contributed by atoms with Crippen LogP contribution < -0.4 is 10.4 Å². The molecule has 3 rings (SSSR count). The molecule has 2 aliphatic rings. The Morgan fingerprint density at radius 1 is 1.29 bits per heavy atom. The first-order chi connectivity index (χ1) is 11.7. The van der Waals surface area contributed by atoms with Crippen molar-refractivity contribution < 1.29 is 9.57 Å². The highest BCUT2D eigenvalue weighted by molar-refractivity contribution is 5.52. The smallest absolute Gasteiger partial charge is 0.348 e. The van der Waals surface area contributed by atoms with Gasteiger partial charge in [0.05, 0.1) is 13.2 Å². The number of nitrogens with zero attached hydrogens (tertiary/aromatic N) is 4. The third-order valence-corrected chi connectivity index (χ3v) is 5.67. The summed E-state index contributed by atoms with van der Waals surface area (Å²) in [5.41, 5.74) is -0.105. The van der Waals surface area contributed by atoms with E-state index in [1.807, 2.05) is 6.92 Å². The van der Waals surface area contributed by atoms with E-state index in [9.17, 15) is 4.79 Å². The molecule has 2 fully saturated rings. The second-order valence-corrected chi connectivity index (χ2v) is 6.96. The molecule has 7 heteroatoms. The van der Waals surface area contributed by atoms with Crippen molar-refractivity contribution in [3.63, 3.8) is 0 Å². The number of ether oxygens (including phenoxy) is 1. The summed E-state index contributed by atoms with van der Waals surface area (Å²) in [5, 5.41) is 8.15. The van der Waals surface area contributed by atoms with Gasteiger partial charge in [-0.1, -0.05) is 24.4 Å². The predicted octanol–water partition coefficient (Wildman–Crippen LogP) is 2.37. The molecule has 0 aliphatic heterocycles. The minimum atomic E-state index is -0.105. The number of hydrogen-bond acceptors (Lipinski definition) is 5. The summed E-state index contributed by atoms with van der Waals surface area (Å²) in [6.07, 6.45) is 8.87. The Kier molecular flexibility index (Phi) is 5.26. The van der Waals surface area contributed by atoms with E-state index in [0.717, 1.165) is 12.8 Å². The van der Waals surface area contributed by atoms with Crippen LogP contribution in [0.2, 0.25) is 0 Å². The number of methoxy groups -OCH3 is 1. The van der Waals surface area contributed by atoms with Crippen LogP contribution in [0.4, 0.5) is 0 Å². The first-order valence-corrected chi connectivity index (χ1v) is 8.96. The summed E-state index contributed by atoms with van der Waals surface area (Å²) in [4.78, 5) is 18.2. The maximum absolute atomic E-state index is 12.7. The largest absolute Gasteiger partial charge is 0.467 e. The van der Waals surface area contributed by atoms with Gasteiger partial charge >= 0.3 is 11.7 Å². The number of rotatable bonds is 5. The minimum absolute atomic E-state index is 0.0762. The Labute approximate surface area is 142 Å². The molecule has 2 saturated carbocycles. The summed E-state index contributed by atoms with van der Waals surface area (Å²) in [6.45, 7) is 2.37. The number of aromatic nitrogens is 3. The van der Waals surface area contributed by atoms with Gasteiger partial charge in [-0.25, -0.2) is 14.0 Å². The van der Waals surface area contributed by atoms with Gasteiger partial charge in [-0.05, 0) is 38.0 Å². The zero-order valence-corrected chi connectivity index (χ0v) is 14.9. The molecule has 4 unspecified atom stereocenters. The van der Waals surface area contributed by atoms with Crippen LogP contribution in [0, 0.1) is 17.8 Å². The van der Waals surface area contributed by atoms with Crippen LogP contribution in [0.25, 0.3) is 0 Å². The van der Waals surface area contributed by atoms with Gasteiger partial charge in [0, 0.05) is 19.2 Å². The molecule has 7 nitrogen and oxygen atoms in total. The zero-order chi connectivity index (χ0) is 17.1. The predicted molar refractivity (Wildman–Crippen MR) is 91.3 cm³/mol. The Morgan fingerprint density at radius 3 is 2.83 bits per heavy atom. The molecule has 0 aromatic carbocycles. The Balaban J connectivity index is 1.97. The second kappa shape index (κ2) is 7.40. The fraction of sp³-hybridized carbons (Fsp3) is 0.824. The van der Waals surface area contributed by atoms with Crippen molar-refractivity contribution in [3.8, 4) is 6.01 Å². The van der Waals surface area contributed by atoms with E-state index >= 15 is 0 Å². The first-order valence-electron chi connectivity index (χ1n) is 8.96. The minimum Gasteiger partial charge on any atom is -0.467 e. The molecule has 134 valence electrons. The average molecular weight is 336 g/mol. The molecular formula is C17H28N4O3. The molecule has 2 aliphatic carbocycles. The van der Waals surface area contributed by atoms with Gasteiger partial charge in [0.25, 0.3) is 0 Å². The van der Waals surface area contributed by atoms with Crippen molar-refractivity contribution in [2.24, 2.45) is 30.0 Å². The number of hydrogen-bond donors (Lipinski definition) is 0. The molecule has 0 saturated heterocycles. The van der Waals surface area contributed by atoms with E-state index in [1.165, 1.54) is 30.4 Å². The highest BCUT2D eigenvalue weighted by Crippen LogP contribution is 2.49. The summed E-state index contributed by atoms with van der Waals surface area (Å²) in [6, 6.07) is 0.481. The Bertz CT molecular complexity index is 636. The monoisotopic (exact) mass is 336 g/mol. The van der Waals surface area contributed by atoms with Gasteiger partial charge in [-0.2, -0.15) is 0 Å². The fourth-order valence-electron chi connectivity index (χ4n) is 4.64. The number of fused-ring (bicyclic) bond motifs is 1. The lowest BCUT2D eigenvalue weighted by molar-refractivity contribution is 0.00286. The third-order valence-electron chi connectivity index (χ3n) is 5.67. The lowest BCUT2D eigenvalue weighted by Crippen LogP contribution is -2.43. The van der Waals surface area contributed by atoms with Crippen LogP contribution in [0.15, 0.2) is 9.95 Å². The van der Waals surface area contributed by atoms with Crippen LogP contribution in [0.1, 0.15) is 51.5 Å². The lowest BCUT2D eigenvalue weighted by Gasteiger charge is -2.45. The van der Waals surface area contributed by atoms with Crippen molar-refractivity contribution in [3.05, 3.63) is 10.5 Å². The number of oxime groups is 1.